The molecule has 0 spiro atoms. The number of hydrogen-bond acceptors (Lipinski definition) is 8. The third-order valence-corrected chi connectivity index (χ3v) is 8.51. The molecular formula is C59H96O8. The molecule has 0 heterocycles. The van der Waals surface area contributed by atoms with E-state index in [2.05, 4.69) is 109 Å². The molecule has 3 rings (SSSR count). The Labute approximate surface area is 411 Å². The standard InChI is InChI=1S/C33H40O5.C14H24O2.C3H8.C3H6.C2H6O.2C2H6/c1-8-23(3)37-29-19-18-27(20-30(29)34-5)16-14-25-10-12-26(13-11-25)15-17-28-21-31(35-6)33(32(22-28)36-7)38-24(4)9-2;1-8-12(6)16-14(11(4)5)13(15-7)9-10(2)3;3*1-3-2;2*1-2/h10-24H,8-9H2,1-7H3;9,12H,2,8H2,1,3-7H3;3H2,1-2H3;3H,1H2,2H3;1-2H3;2*1-2H3/b16-14+,17-15+;13-9+;;;;;. The van der Waals surface area contributed by atoms with Gasteiger partial charge in [0.25, 0.3) is 0 Å². The minimum absolute atomic E-state index is 0.0665. The van der Waals surface area contributed by atoms with E-state index in [4.69, 9.17) is 33.2 Å². The molecule has 67 heavy (non-hydrogen) atoms. The van der Waals surface area contributed by atoms with Crippen LogP contribution in [-0.4, -0.2) is 61.0 Å². The summed E-state index contributed by atoms with van der Waals surface area (Å²) in [6, 6.07) is 18.3. The predicted octanol–water partition coefficient (Wildman–Crippen LogP) is 17.5. The second-order valence-corrected chi connectivity index (χ2v) is 14.9. The third kappa shape index (κ3) is 31.3. The van der Waals surface area contributed by atoms with E-state index in [-0.39, 0.29) is 18.3 Å². The topological polar surface area (TPSA) is 73.8 Å². The minimum atomic E-state index is 0.0665. The normalized spacial score (nSPS) is 11.3. The average molecular weight is 933 g/mol. The number of allylic oxidation sites excluding steroid dienone is 4. The fourth-order valence-corrected chi connectivity index (χ4v) is 4.83. The molecule has 3 aromatic rings. The maximum Gasteiger partial charge on any atom is 0.203 e. The van der Waals surface area contributed by atoms with Crippen molar-refractivity contribution in [3.8, 4) is 28.7 Å². The molecule has 3 aromatic carbocycles. The van der Waals surface area contributed by atoms with Crippen LogP contribution in [-0.2, 0) is 14.2 Å². The highest BCUT2D eigenvalue weighted by atomic mass is 16.5. The Morgan fingerprint density at radius 3 is 1.27 bits per heavy atom. The van der Waals surface area contributed by atoms with Gasteiger partial charge in [0.2, 0.25) is 5.75 Å². The van der Waals surface area contributed by atoms with Crippen LogP contribution in [0.1, 0.15) is 159 Å². The summed E-state index contributed by atoms with van der Waals surface area (Å²) in [5.74, 6) is 5.01. The number of methoxy groups -OCH3 is 5. The van der Waals surface area contributed by atoms with Gasteiger partial charge in [-0.15, -0.1) is 6.58 Å². The first-order valence-electron chi connectivity index (χ1n) is 24.0. The highest BCUT2D eigenvalue weighted by Crippen LogP contribution is 2.40. The van der Waals surface area contributed by atoms with Crippen LogP contribution in [0, 0.1) is 0 Å². The highest BCUT2D eigenvalue weighted by Gasteiger charge is 2.16. The van der Waals surface area contributed by atoms with Crippen molar-refractivity contribution >= 4 is 24.3 Å². The molecule has 0 saturated heterocycles. The molecular weight excluding hydrogens is 837 g/mol. The van der Waals surface area contributed by atoms with Crippen molar-refractivity contribution in [2.75, 3.05) is 42.7 Å². The summed E-state index contributed by atoms with van der Waals surface area (Å²) in [5.41, 5.74) is 6.27. The first-order chi connectivity index (χ1) is 32.1. The smallest absolute Gasteiger partial charge is 0.203 e. The van der Waals surface area contributed by atoms with Gasteiger partial charge in [0.1, 0.15) is 0 Å². The van der Waals surface area contributed by atoms with Crippen molar-refractivity contribution in [3.05, 3.63) is 125 Å². The van der Waals surface area contributed by atoms with E-state index in [0.717, 1.165) is 75.7 Å². The van der Waals surface area contributed by atoms with Gasteiger partial charge in [0.15, 0.2) is 34.5 Å². The summed E-state index contributed by atoms with van der Waals surface area (Å²) in [5, 5.41) is 0. The molecule has 8 nitrogen and oxygen atoms in total. The first kappa shape index (κ1) is 68.2. The van der Waals surface area contributed by atoms with Gasteiger partial charge in [-0.05, 0) is 126 Å². The number of benzene rings is 3. The van der Waals surface area contributed by atoms with E-state index in [1.54, 1.807) is 48.7 Å². The molecule has 0 aliphatic heterocycles. The summed E-state index contributed by atoms with van der Waals surface area (Å²) in [6.45, 7) is 39.7. The Kier molecular flexibility index (Phi) is 45.3. The van der Waals surface area contributed by atoms with Gasteiger partial charge in [-0.3, -0.25) is 0 Å². The van der Waals surface area contributed by atoms with Crippen LogP contribution in [0.3, 0.4) is 0 Å². The number of rotatable bonds is 19. The van der Waals surface area contributed by atoms with E-state index in [0.29, 0.717) is 17.2 Å². The third-order valence-electron chi connectivity index (χ3n) is 8.51. The summed E-state index contributed by atoms with van der Waals surface area (Å²) in [6.07, 6.45) is 16.4. The Morgan fingerprint density at radius 1 is 0.552 bits per heavy atom. The molecule has 3 unspecified atom stereocenters. The fourth-order valence-electron chi connectivity index (χ4n) is 4.83. The average Bonchev–Trinajstić information content (AvgIpc) is 3.33. The van der Waals surface area contributed by atoms with E-state index < -0.39 is 0 Å². The van der Waals surface area contributed by atoms with Gasteiger partial charge in [0.05, 0.1) is 46.8 Å². The molecule has 0 radical (unpaired) electrons. The molecule has 8 heteroatoms. The molecule has 3 atom stereocenters. The first-order valence-corrected chi connectivity index (χ1v) is 24.0. The summed E-state index contributed by atoms with van der Waals surface area (Å²) in [4.78, 5) is 0. The van der Waals surface area contributed by atoms with Crippen LogP contribution >= 0.6 is 0 Å². The van der Waals surface area contributed by atoms with E-state index in [1.165, 1.54) is 6.42 Å². The SMILES string of the molecule is C=C(C)/C=C(/OC)C(OC(C)CC)=C(C)C.C=CC.CC.CC.CCC.CCC(C)Oc1ccc(/C=C/c2ccc(/C=C/c3cc(OC)c(OC(C)CC)c(OC)c3)cc2)cc1OC.COC. The zero-order valence-electron chi connectivity index (χ0n) is 46.4. The molecule has 0 N–H and O–H groups in total. The second kappa shape index (κ2) is 44.5. The molecule has 0 aromatic heterocycles. The van der Waals surface area contributed by atoms with Crippen LogP contribution < -0.4 is 23.7 Å². The molecule has 0 aliphatic rings. The van der Waals surface area contributed by atoms with Crippen LogP contribution in [0.15, 0.2) is 103 Å². The van der Waals surface area contributed by atoms with Crippen LogP contribution in [0.5, 0.6) is 28.7 Å². The Balaban J connectivity index is -0.000000566. The Hall–Kier alpha value is -5.34. The van der Waals surface area contributed by atoms with Gasteiger partial charge in [0, 0.05) is 14.2 Å². The van der Waals surface area contributed by atoms with E-state index in [9.17, 15) is 0 Å². The van der Waals surface area contributed by atoms with E-state index in [1.807, 2.05) is 105 Å². The number of ether oxygens (including phenoxy) is 8. The van der Waals surface area contributed by atoms with Crippen molar-refractivity contribution in [2.24, 2.45) is 0 Å². The highest BCUT2D eigenvalue weighted by molar-refractivity contribution is 5.75. The number of hydrogen-bond donors (Lipinski definition) is 0. The van der Waals surface area contributed by atoms with Crippen molar-refractivity contribution in [1.82, 2.24) is 0 Å². The lowest BCUT2D eigenvalue weighted by molar-refractivity contribution is 0.109. The van der Waals surface area contributed by atoms with Crippen molar-refractivity contribution in [2.45, 2.75) is 155 Å². The van der Waals surface area contributed by atoms with Crippen molar-refractivity contribution < 1.29 is 37.9 Å². The molecule has 0 aliphatic carbocycles. The Morgan fingerprint density at radius 2 is 0.910 bits per heavy atom. The van der Waals surface area contributed by atoms with Crippen LogP contribution in [0.25, 0.3) is 24.3 Å². The van der Waals surface area contributed by atoms with Gasteiger partial charge < -0.3 is 37.9 Å². The predicted molar refractivity (Wildman–Crippen MR) is 294 cm³/mol. The zero-order valence-corrected chi connectivity index (χ0v) is 46.4. The molecule has 0 bridgehead atoms. The zero-order chi connectivity index (χ0) is 52.3. The van der Waals surface area contributed by atoms with E-state index >= 15 is 0 Å². The summed E-state index contributed by atoms with van der Waals surface area (Å²) >= 11 is 0. The van der Waals surface area contributed by atoms with Gasteiger partial charge in [-0.2, -0.15) is 0 Å². The van der Waals surface area contributed by atoms with Crippen LogP contribution in [0.2, 0.25) is 0 Å². The molecule has 0 fully saturated rings. The lowest BCUT2D eigenvalue weighted by Crippen LogP contribution is -2.11. The lowest BCUT2D eigenvalue weighted by atomic mass is 10.1. The summed E-state index contributed by atoms with van der Waals surface area (Å²) in [7, 11) is 9.85. The van der Waals surface area contributed by atoms with Gasteiger partial charge in [-0.25, -0.2) is 0 Å². The maximum absolute atomic E-state index is 6.04. The quantitative estimate of drug-likeness (QED) is 0.0509. The molecule has 0 amide bonds. The Bertz CT molecular complexity index is 1790. The largest absolute Gasteiger partial charge is 0.493 e. The minimum Gasteiger partial charge on any atom is -0.493 e. The van der Waals surface area contributed by atoms with Crippen molar-refractivity contribution in [1.29, 1.82) is 0 Å². The maximum atomic E-state index is 6.04. The van der Waals surface area contributed by atoms with Gasteiger partial charge >= 0.3 is 0 Å². The van der Waals surface area contributed by atoms with Gasteiger partial charge in [-0.1, -0.05) is 142 Å². The summed E-state index contributed by atoms with van der Waals surface area (Å²) < 4.78 is 44.1. The lowest BCUT2D eigenvalue weighted by Gasteiger charge is -2.19. The second-order valence-electron chi connectivity index (χ2n) is 14.9. The molecule has 0 saturated carbocycles. The monoisotopic (exact) mass is 933 g/mol. The molecule has 380 valence electrons. The van der Waals surface area contributed by atoms with Crippen molar-refractivity contribution in [3.63, 3.8) is 0 Å². The fraction of sp³-hybridized carbons (Fsp3) is 0.492. The van der Waals surface area contributed by atoms with Crippen LogP contribution in [0.4, 0.5) is 0 Å².